The Morgan fingerprint density at radius 2 is 0.538 bits per heavy atom. The van der Waals surface area contributed by atoms with Gasteiger partial charge in [-0.1, -0.05) is 293 Å². The van der Waals surface area contributed by atoms with E-state index in [0.29, 0.717) is 19.3 Å². The maximum Gasteiger partial charge on any atom is 0.472 e. The summed E-state index contributed by atoms with van der Waals surface area (Å²) in [5, 5.41) is 20.6. The Morgan fingerprint density at radius 3 is 0.882 bits per heavy atom. The van der Waals surface area contributed by atoms with Gasteiger partial charge in [0.05, 0.1) is 26.4 Å². The third kappa shape index (κ3) is 70.4. The molecule has 93 heavy (non-hydrogen) atoms. The lowest BCUT2D eigenvalue weighted by molar-refractivity contribution is -0.161. The molecule has 0 heterocycles. The van der Waals surface area contributed by atoms with Crippen LogP contribution >= 0.6 is 15.6 Å². The van der Waals surface area contributed by atoms with Gasteiger partial charge in [-0.15, -0.1) is 0 Å². The molecule has 0 aliphatic rings. The molecule has 0 aliphatic heterocycles. The zero-order valence-corrected chi connectivity index (χ0v) is 61.0. The van der Waals surface area contributed by atoms with E-state index >= 15 is 0 Å². The number of rotatable bonds is 72. The summed E-state index contributed by atoms with van der Waals surface area (Å²) in [4.78, 5) is 58.3. The number of allylic oxidation sites excluding steroid dienone is 10. The van der Waals surface area contributed by atoms with E-state index < -0.39 is 91.5 Å². The summed E-state index contributed by atoms with van der Waals surface area (Å²) in [6.45, 7) is 2.66. The van der Waals surface area contributed by atoms with Crippen LogP contribution in [0, 0.1) is 0 Å². The third-order valence-electron chi connectivity index (χ3n) is 16.2. The molecular formula is C75H138O16P2. The minimum Gasteiger partial charge on any atom is -0.463 e. The lowest BCUT2D eigenvalue weighted by Gasteiger charge is -2.21. The van der Waals surface area contributed by atoms with Crippen LogP contribution in [0.4, 0.5) is 0 Å². The molecule has 18 heteroatoms. The number of aliphatic hydroxyl groups excluding tert-OH is 2. The molecule has 0 spiro atoms. The Bertz CT molecular complexity index is 1940. The number of carbonyl (C=O) groups excluding carboxylic acids is 3. The summed E-state index contributed by atoms with van der Waals surface area (Å²) in [7, 11) is -9.76. The molecule has 0 aromatic rings. The van der Waals surface area contributed by atoms with Crippen molar-refractivity contribution in [2.75, 3.05) is 39.6 Å². The van der Waals surface area contributed by atoms with Crippen LogP contribution < -0.4 is 0 Å². The van der Waals surface area contributed by atoms with Crippen LogP contribution in [-0.4, -0.2) is 95.9 Å². The van der Waals surface area contributed by atoms with Gasteiger partial charge in [0.15, 0.2) is 6.10 Å². The first-order valence-electron chi connectivity index (χ1n) is 37.6. The van der Waals surface area contributed by atoms with Crippen LogP contribution in [0.5, 0.6) is 0 Å². The van der Waals surface area contributed by atoms with E-state index in [1.807, 2.05) is 0 Å². The molecule has 16 nitrogen and oxygen atoms in total. The Labute approximate surface area is 567 Å². The number of unbranched alkanes of at least 4 members (excludes halogenated alkanes) is 39. The van der Waals surface area contributed by atoms with Crippen LogP contribution in [0.15, 0.2) is 60.8 Å². The van der Waals surface area contributed by atoms with E-state index in [1.54, 1.807) is 0 Å². The van der Waals surface area contributed by atoms with Gasteiger partial charge < -0.3 is 34.2 Å². The molecule has 0 saturated heterocycles. The Balaban J connectivity index is 4.34. The fraction of sp³-hybridized carbons (Fsp3) is 0.827. The first-order valence-corrected chi connectivity index (χ1v) is 40.6. The van der Waals surface area contributed by atoms with Crippen molar-refractivity contribution in [2.45, 2.75) is 360 Å². The largest absolute Gasteiger partial charge is 0.472 e. The van der Waals surface area contributed by atoms with Crippen molar-refractivity contribution < 1.29 is 75.8 Å². The fourth-order valence-electron chi connectivity index (χ4n) is 10.4. The molecule has 5 atom stereocenters. The van der Waals surface area contributed by atoms with Crippen molar-refractivity contribution in [1.29, 1.82) is 0 Å². The van der Waals surface area contributed by atoms with Gasteiger partial charge in [-0.2, -0.15) is 0 Å². The number of hydrogen-bond donors (Lipinski definition) is 4. The van der Waals surface area contributed by atoms with Crippen molar-refractivity contribution in [3.05, 3.63) is 60.8 Å². The van der Waals surface area contributed by atoms with Crippen LogP contribution in [0.3, 0.4) is 0 Å². The number of carbonyl (C=O) groups is 3. The average molecular weight is 1360 g/mol. The summed E-state index contributed by atoms with van der Waals surface area (Å²) in [5.41, 5.74) is 0. The SMILES string of the molecule is CCCCC/C=C\C/C=C\C/C=C\C/C=C\CCCCCCCCCCCCCCCCCC(=O)OCC(O)COP(=O)(O)OCC(O)COP(=O)(O)OCC(COC(=O)CCCCCCC/C=C\CCCCCCCC)OC(=O)CCCCCCCCCCCCC. The second-order valence-electron chi connectivity index (χ2n) is 25.5. The zero-order chi connectivity index (χ0) is 68.1. The number of phosphoric acid groups is 2. The number of aliphatic hydroxyl groups is 2. The average Bonchev–Trinajstić information content (AvgIpc) is 2.38. The molecule has 544 valence electrons. The van der Waals surface area contributed by atoms with Crippen molar-refractivity contribution in [1.82, 2.24) is 0 Å². The lowest BCUT2D eigenvalue weighted by Crippen LogP contribution is -2.30. The normalized spacial score (nSPS) is 14.4. The van der Waals surface area contributed by atoms with E-state index in [2.05, 4.69) is 81.5 Å². The highest BCUT2D eigenvalue weighted by Gasteiger charge is 2.29. The Kier molecular flexibility index (Phi) is 67.1. The molecule has 0 bridgehead atoms. The number of phosphoric ester groups is 2. The predicted octanol–water partition coefficient (Wildman–Crippen LogP) is 21.3. The van der Waals surface area contributed by atoms with Gasteiger partial charge in [-0.25, -0.2) is 9.13 Å². The van der Waals surface area contributed by atoms with Crippen molar-refractivity contribution in [3.8, 4) is 0 Å². The zero-order valence-electron chi connectivity index (χ0n) is 59.2. The predicted molar refractivity (Wildman–Crippen MR) is 381 cm³/mol. The van der Waals surface area contributed by atoms with Crippen LogP contribution in [-0.2, 0) is 55.8 Å². The summed E-state index contributed by atoms with van der Waals surface area (Å²) in [6.07, 6.45) is 73.0. The van der Waals surface area contributed by atoms with Gasteiger partial charge in [0.1, 0.15) is 25.4 Å². The highest BCUT2D eigenvalue weighted by atomic mass is 31.2. The molecule has 0 fully saturated rings. The first kappa shape index (κ1) is 90.2. The molecule has 0 aromatic heterocycles. The van der Waals surface area contributed by atoms with Crippen LogP contribution in [0.2, 0.25) is 0 Å². The standard InChI is InChI=1S/C75H138O16P2/c1-4-7-10-13-16-19-22-24-26-27-28-29-30-31-32-33-34-35-36-37-38-39-40-41-43-45-47-49-52-55-58-61-73(78)85-64-70(76)65-87-92(81,82)88-66-71(77)67-89-93(83,84)90-69-72(91-75(80)63-60-57-54-51-46-21-18-15-12-9-6-3)68-86-74(79)62-59-56-53-50-48-44-42-25-23-20-17-14-11-8-5-2/h16,19,24-26,28-29,31-32,42,70-72,76-77H,4-15,17-18,20-23,27,30,33-41,43-69H2,1-3H3,(H,81,82)(H,83,84)/b19-16-,26-24-,29-28-,32-31-,42-25-. The van der Waals surface area contributed by atoms with Crippen molar-refractivity contribution in [2.24, 2.45) is 0 Å². The second-order valence-corrected chi connectivity index (χ2v) is 28.4. The Morgan fingerprint density at radius 1 is 0.301 bits per heavy atom. The van der Waals surface area contributed by atoms with Gasteiger partial charge in [0.25, 0.3) is 0 Å². The highest BCUT2D eigenvalue weighted by Crippen LogP contribution is 2.45. The lowest BCUT2D eigenvalue weighted by atomic mass is 10.0. The molecule has 0 aromatic carbocycles. The van der Waals surface area contributed by atoms with Gasteiger partial charge >= 0.3 is 33.6 Å². The van der Waals surface area contributed by atoms with Crippen LogP contribution in [0.1, 0.15) is 342 Å². The highest BCUT2D eigenvalue weighted by molar-refractivity contribution is 7.47. The molecule has 5 unspecified atom stereocenters. The fourth-order valence-corrected chi connectivity index (χ4v) is 12.0. The van der Waals surface area contributed by atoms with Crippen molar-refractivity contribution in [3.63, 3.8) is 0 Å². The van der Waals surface area contributed by atoms with E-state index in [4.69, 9.17) is 32.3 Å². The maximum absolute atomic E-state index is 12.9. The van der Waals surface area contributed by atoms with Crippen LogP contribution in [0.25, 0.3) is 0 Å². The second kappa shape index (κ2) is 69.2. The number of ether oxygens (including phenoxy) is 3. The third-order valence-corrected chi connectivity index (χ3v) is 18.1. The minimum absolute atomic E-state index is 0.109. The number of esters is 3. The first-order chi connectivity index (χ1) is 45.2. The molecule has 0 amide bonds. The molecule has 0 rings (SSSR count). The molecular weight excluding hydrogens is 1220 g/mol. The summed E-state index contributed by atoms with van der Waals surface area (Å²) >= 11 is 0. The van der Waals surface area contributed by atoms with Gasteiger partial charge in [-0.05, 0) is 89.9 Å². The quantitative estimate of drug-likeness (QED) is 0.0146. The van der Waals surface area contributed by atoms with E-state index in [-0.39, 0.29) is 19.3 Å². The summed E-state index contributed by atoms with van der Waals surface area (Å²) < 4.78 is 60.9. The Hall–Kier alpha value is -2.75. The molecule has 0 saturated carbocycles. The molecule has 0 radical (unpaired) electrons. The van der Waals surface area contributed by atoms with Gasteiger partial charge in [0.2, 0.25) is 0 Å². The van der Waals surface area contributed by atoms with Gasteiger partial charge in [-0.3, -0.25) is 32.5 Å². The maximum atomic E-state index is 12.9. The summed E-state index contributed by atoms with van der Waals surface area (Å²) in [5.74, 6) is -1.57. The smallest absolute Gasteiger partial charge is 0.463 e. The summed E-state index contributed by atoms with van der Waals surface area (Å²) in [6, 6.07) is 0. The van der Waals surface area contributed by atoms with E-state index in [0.717, 1.165) is 103 Å². The number of hydrogen-bond acceptors (Lipinski definition) is 14. The topological polar surface area (TPSA) is 231 Å². The van der Waals surface area contributed by atoms with Crippen molar-refractivity contribution >= 4 is 33.6 Å². The molecule has 0 aliphatic carbocycles. The van der Waals surface area contributed by atoms with Gasteiger partial charge in [0, 0.05) is 19.3 Å². The monoisotopic (exact) mass is 1360 g/mol. The minimum atomic E-state index is -4.91. The van der Waals surface area contributed by atoms with E-state index in [1.165, 1.54) is 180 Å². The van der Waals surface area contributed by atoms with E-state index in [9.17, 15) is 43.5 Å². The molecule has 4 N–H and O–H groups in total.